The monoisotopic (exact) mass is 426 g/mol. The molecule has 3 rings (SSSR count). The molecule has 7 heteroatoms. The number of ether oxygens (including phenoxy) is 2. The molecule has 3 aromatic carbocycles. The minimum absolute atomic E-state index is 0.0735. The number of benzene rings is 3. The van der Waals surface area contributed by atoms with Crippen molar-refractivity contribution in [3.8, 4) is 11.5 Å². The predicted molar refractivity (Wildman–Crippen MR) is 115 cm³/mol. The minimum atomic E-state index is -0.628. The molecule has 0 heterocycles. The van der Waals surface area contributed by atoms with Crippen LogP contribution in [0.15, 0.2) is 71.8 Å². The molecular formula is C23H20ClFN2O3. The predicted octanol–water partition coefficient (Wildman–Crippen LogP) is 5.22. The van der Waals surface area contributed by atoms with E-state index in [9.17, 15) is 9.18 Å². The van der Waals surface area contributed by atoms with Gasteiger partial charge >= 0.3 is 0 Å². The van der Waals surface area contributed by atoms with Crippen molar-refractivity contribution in [1.29, 1.82) is 0 Å². The lowest BCUT2D eigenvalue weighted by molar-refractivity contribution is 0.0951. The molecule has 1 amide bonds. The van der Waals surface area contributed by atoms with Crippen molar-refractivity contribution in [2.75, 3.05) is 6.61 Å². The molecule has 154 valence electrons. The maximum Gasteiger partial charge on any atom is 0.274 e. The Morgan fingerprint density at radius 2 is 1.83 bits per heavy atom. The lowest BCUT2D eigenvalue weighted by Gasteiger charge is -2.12. The van der Waals surface area contributed by atoms with Crippen molar-refractivity contribution in [1.82, 2.24) is 5.43 Å². The van der Waals surface area contributed by atoms with E-state index in [1.807, 2.05) is 19.1 Å². The summed E-state index contributed by atoms with van der Waals surface area (Å²) in [6.45, 7) is 2.70. The third-order valence-corrected chi connectivity index (χ3v) is 4.33. The first-order chi connectivity index (χ1) is 14.6. The highest BCUT2D eigenvalue weighted by Crippen LogP contribution is 2.29. The second kappa shape index (κ2) is 10.4. The Bertz CT molecular complexity index is 1040. The van der Waals surface area contributed by atoms with E-state index >= 15 is 0 Å². The van der Waals surface area contributed by atoms with Gasteiger partial charge in [-0.1, -0.05) is 35.9 Å². The number of carbonyl (C=O) groups excluding carboxylic acids is 1. The van der Waals surface area contributed by atoms with Crippen LogP contribution >= 0.6 is 11.6 Å². The topological polar surface area (TPSA) is 59.9 Å². The molecular weight excluding hydrogens is 407 g/mol. The van der Waals surface area contributed by atoms with E-state index in [-0.39, 0.29) is 5.56 Å². The number of hydrogen-bond acceptors (Lipinski definition) is 4. The molecule has 0 unspecified atom stereocenters. The second-order valence-corrected chi connectivity index (χ2v) is 6.67. The van der Waals surface area contributed by atoms with Crippen LogP contribution in [0.4, 0.5) is 4.39 Å². The number of hydrazone groups is 1. The van der Waals surface area contributed by atoms with Gasteiger partial charge in [0, 0.05) is 5.02 Å². The molecule has 0 aromatic heterocycles. The van der Waals surface area contributed by atoms with E-state index in [2.05, 4.69) is 10.5 Å². The van der Waals surface area contributed by atoms with Gasteiger partial charge in [0.25, 0.3) is 5.91 Å². The summed E-state index contributed by atoms with van der Waals surface area (Å²) < 4.78 is 25.2. The Hall–Kier alpha value is -3.38. The molecule has 0 bridgehead atoms. The van der Waals surface area contributed by atoms with Gasteiger partial charge in [-0.25, -0.2) is 9.82 Å². The number of nitrogens with one attached hydrogen (secondary N) is 1. The zero-order valence-electron chi connectivity index (χ0n) is 16.3. The summed E-state index contributed by atoms with van der Waals surface area (Å²) >= 11 is 5.90. The van der Waals surface area contributed by atoms with Crippen LogP contribution in [0.3, 0.4) is 0 Å². The number of hydrogen-bond donors (Lipinski definition) is 1. The van der Waals surface area contributed by atoms with Gasteiger partial charge in [0.1, 0.15) is 12.4 Å². The third-order valence-electron chi connectivity index (χ3n) is 4.07. The first-order valence-electron chi connectivity index (χ1n) is 9.29. The standard InChI is InChI=1S/C23H20ClFN2O3/c1-2-29-22-13-17(14-26-27-23(28)19-5-3-4-6-20(19)25)9-12-21(22)30-15-16-7-10-18(24)11-8-16/h3-14H,2,15H2,1H3,(H,27,28)/b26-14-. The molecule has 0 spiro atoms. The maximum atomic E-state index is 13.6. The van der Waals surface area contributed by atoms with Gasteiger partial charge < -0.3 is 9.47 Å². The number of amides is 1. The van der Waals surface area contributed by atoms with E-state index in [1.54, 1.807) is 36.4 Å². The van der Waals surface area contributed by atoms with Crippen molar-refractivity contribution in [2.45, 2.75) is 13.5 Å². The summed E-state index contributed by atoms with van der Waals surface area (Å²) in [5, 5.41) is 4.56. The van der Waals surface area contributed by atoms with Crippen LogP contribution in [0.1, 0.15) is 28.4 Å². The Balaban J connectivity index is 1.66. The van der Waals surface area contributed by atoms with Gasteiger partial charge in [-0.15, -0.1) is 0 Å². The van der Waals surface area contributed by atoms with Crippen LogP contribution in [0, 0.1) is 5.82 Å². The fourth-order valence-electron chi connectivity index (χ4n) is 2.61. The Morgan fingerprint density at radius 1 is 1.07 bits per heavy atom. The summed E-state index contributed by atoms with van der Waals surface area (Å²) in [6, 6.07) is 18.4. The average molecular weight is 427 g/mol. The highest BCUT2D eigenvalue weighted by molar-refractivity contribution is 6.30. The molecule has 0 atom stereocenters. The van der Waals surface area contributed by atoms with Gasteiger partial charge in [-0.3, -0.25) is 4.79 Å². The van der Waals surface area contributed by atoms with Crippen molar-refractivity contribution < 1.29 is 18.7 Å². The molecule has 0 aliphatic carbocycles. The van der Waals surface area contributed by atoms with E-state index in [1.165, 1.54) is 24.4 Å². The summed E-state index contributed by atoms with van der Waals surface area (Å²) in [5.41, 5.74) is 3.90. The van der Waals surface area contributed by atoms with Crippen molar-refractivity contribution in [3.05, 3.63) is 94.3 Å². The molecule has 0 fully saturated rings. The van der Waals surface area contributed by atoms with Crippen molar-refractivity contribution in [2.24, 2.45) is 5.10 Å². The third kappa shape index (κ3) is 5.81. The quantitative estimate of drug-likeness (QED) is 0.397. The summed E-state index contributed by atoms with van der Waals surface area (Å²) in [4.78, 5) is 12.0. The maximum absolute atomic E-state index is 13.6. The van der Waals surface area contributed by atoms with Crippen molar-refractivity contribution >= 4 is 23.7 Å². The second-order valence-electron chi connectivity index (χ2n) is 6.23. The normalized spacial score (nSPS) is 10.8. The molecule has 0 aliphatic heterocycles. The highest BCUT2D eigenvalue weighted by atomic mass is 35.5. The first kappa shape index (κ1) is 21.3. The average Bonchev–Trinajstić information content (AvgIpc) is 2.75. The zero-order chi connectivity index (χ0) is 21.3. The zero-order valence-corrected chi connectivity index (χ0v) is 17.0. The fourth-order valence-corrected chi connectivity index (χ4v) is 2.73. The number of halogens is 2. The van der Waals surface area contributed by atoms with Gasteiger partial charge in [0.05, 0.1) is 18.4 Å². The van der Waals surface area contributed by atoms with Crippen LogP contribution in [-0.4, -0.2) is 18.7 Å². The Labute approximate surface area is 179 Å². The van der Waals surface area contributed by atoms with Crippen LogP contribution < -0.4 is 14.9 Å². The summed E-state index contributed by atoms with van der Waals surface area (Å²) in [5.74, 6) is -0.0986. The first-order valence-corrected chi connectivity index (χ1v) is 9.66. The van der Waals surface area contributed by atoms with E-state index in [0.29, 0.717) is 35.3 Å². The molecule has 5 nitrogen and oxygen atoms in total. The molecule has 1 N–H and O–H groups in total. The van der Waals surface area contributed by atoms with E-state index in [0.717, 1.165) is 5.56 Å². The van der Waals surface area contributed by atoms with E-state index < -0.39 is 11.7 Å². The van der Waals surface area contributed by atoms with Crippen LogP contribution in [-0.2, 0) is 6.61 Å². The van der Waals surface area contributed by atoms with Crippen LogP contribution in [0.5, 0.6) is 11.5 Å². The highest BCUT2D eigenvalue weighted by Gasteiger charge is 2.10. The van der Waals surface area contributed by atoms with Gasteiger partial charge in [0.2, 0.25) is 0 Å². The Morgan fingerprint density at radius 3 is 2.57 bits per heavy atom. The van der Waals surface area contributed by atoms with Gasteiger partial charge in [-0.05, 0) is 60.5 Å². The van der Waals surface area contributed by atoms with Crippen molar-refractivity contribution in [3.63, 3.8) is 0 Å². The van der Waals surface area contributed by atoms with E-state index in [4.69, 9.17) is 21.1 Å². The number of nitrogens with zero attached hydrogens (tertiary/aromatic N) is 1. The number of rotatable bonds is 8. The lowest BCUT2D eigenvalue weighted by Crippen LogP contribution is -2.18. The molecule has 30 heavy (non-hydrogen) atoms. The molecule has 3 aromatic rings. The molecule has 0 aliphatic rings. The Kier molecular flexibility index (Phi) is 7.40. The SMILES string of the molecule is CCOc1cc(/C=N\NC(=O)c2ccccc2F)ccc1OCc1ccc(Cl)cc1. The molecule has 0 radical (unpaired) electrons. The number of carbonyl (C=O) groups is 1. The van der Waals surface area contributed by atoms with Crippen LogP contribution in [0.25, 0.3) is 0 Å². The largest absolute Gasteiger partial charge is 0.490 e. The van der Waals surface area contributed by atoms with Crippen LogP contribution in [0.2, 0.25) is 5.02 Å². The minimum Gasteiger partial charge on any atom is -0.490 e. The lowest BCUT2D eigenvalue weighted by atomic mass is 10.2. The fraction of sp³-hybridized carbons (Fsp3) is 0.130. The molecule has 0 saturated heterocycles. The van der Waals surface area contributed by atoms with Gasteiger partial charge in [0.15, 0.2) is 11.5 Å². The summed E-state index contributed by atoms with van der Waals surface area (Å²) in [7, 11) is 0. The van der Waals surface area contributed by atoms with Gasteiger partial charge in [-0.2, -0.15) is 5.10 Å². The summed E-state index contributed by atoms with van der Waals surface area (Å²) in [6.07, 6.45) is 1.45. The molecule has 0 saturated carbocycles. The smallest absolute Gasteiger partial charge is 0.274 e.